The van der Waals surface area contributed by atoms with Crippen molar-refractivity contribution < 1.29 is 19.7 Å². The van der Waals surface area contributed by atoms with Gasteiger partial charge in [0.15, 0.2) is 11.5 Å². The molecule has 8 heteroatoms. The average Bonchev–Trinajstić information content (AvgIpc) is 2.74. The van der Waals surface area contributed by atoms with Crippen LogP contribution < -0.4 is 15.7 Å². The van der Waals surface area contributed by atoms with Crippen LogP contribution in [-0.2, 0) is 6.54 Å². The second-order valence-corrected chi connectivity index (χ2v) is 6.30. The van der Waals surface area contributed by atoms with E-state index in [1.54, 1.807) is 43.3 Å². The lowest BCUT2D eigenvalue weighted by Crippen LogP contribution is -2.31. The highest BCUT2D eigenvalue weighted by molar-refractivity contribution is 6.02. The molecule has 0 aliphatic heterocycles. The number of rotatable bonds is 7. The van der Waals surface area contributed by atoms with Crippen molar-refractivity contribution in [2.24, 2.45) is 5.10 Å². The minimum absolute atomic E-state index is 0.0121. The highest BCUT2D eigenvalue weighted by Gasteiger charge is 2.21. The summed E-state index contributed by atoms with van der Waals surface area (Å²) in [7, 11) is 0. The maximum atomic E-state index is 12.8. The molecule has 1 amide bonds. The van der Waals surface area contributed by atoms with Crippen LogP contribution >= 0.6 is 0 Å². The molecule has 0 bridgehead atoms. The first-order chi connectivity index (χ1) is 14.5. The first-order valence-corrected chi connectivity index (χ1v) is 9.22. The van der Waals surface area contributed by atoms with Crippen LogP contribution in [0.1, 0.15) is 22.8 Å². The summed E-state index contributed by atoms with van der Waals surface area (Å²) < 4.78 is 6.65. The highest BCUT2D eigenvalue weighted by atomic mass is 16.5. The van der Waals surface area contributed by atoms with Crippen LogP contribution in [0, 0.1) is 0 Å². The second-order valence-electron chi connectivity index (χ2n) is 6.30. The van der Waals surface area contributed by atoms with Crippen LogP contribution in [0.3, 0.4) is 0 Å². The number of hydrogen-bond donors (Lipinski definition) is 3. The zero-order valence-corrected chi connectivity index (χ0v) is 16.3. The third-order valence-electron chi connectivity index (χ3n) is 4.35. The zero-order valence-electron chi connectivity index (χ0n) is 16.3. The van der Waals surface area contributed by atoms with Gasteiger partial charge in [-0.1, -0.05) is 18.2 Å². The van der Waals surface area contributed by atoms with Gasteiger partial charge in [0.2, 0.25) is 0 Å². The Bertz CT molecular complexity index is 1200. The van der Waals surface area contributed by atoms with Crippen molar-refractivity contribution in [1.82, 2.24) is 9.99 Å². The molecule has 2 aromatic carbocycles. The van der Waals surface area contributed by atoms with Gasteiger partial charge in [-0.25, -0.2) is 5.43 Å². The van der Waals surface area contributed by atoms with Gasteiger partial charge in [0.1, 0.15) is 11.3 Å². The minimum Gasteiger partial charge on any atom is -0.506 e. The second kappa shape index (κ2) is 8.95. The van der Waals surface area contributed by atoms with Crippen LogP contribution in [0.4, 0.5) is 0 Å². The van der Waals surface area contributed by atoms with Crippen LogP contribution in [0.5, 0.6) is 17.2 Å². The van der Waals surface area contributed by atoms with E-state index in [9.17, 15) is 19.8 Å². The molecule has 0 aliphatic rings. The van der Waals surface area contributed by atoms with Gasteiger partial charge in [-0.15, -0.1) is 6.58 Å². The molecule has 0 fully saturated rings. The fraction of sp³-hybridized carbons (Fsp3) is 0.136. The standard InChI is InChI=1S/C22H21N3O5/c1-3-11-25-16-8-6-5-7-15(16)20(27)19(22(25)29)21(28)24-23-13-14-9-10-17(26)18(12-14)30-4-2/h3,5-10,12-13,26-27H,1,4,11H2,2H3,(H,24,28)/b23-13-. The molecule has 0 saturated heterocycles. The Kier molecular flexibility index (Phi) is 6.17. The number of aromatic nitrogens is 1. The quantitative estimate of drug-likeness (QED) is 0.317. The Labute approximate surface area is 172 Å². The summed E-state index contributed by atoms with van der Waals surface area (Å²) in [5, 5.41) is 24.5. The average molecular weight is 407 g/mol. The van der Waals surface area contributed by atoms with E-state index in [1.165, 1.54) is 22.9 Å². The molecule has 0 unspecified atom stereocenters. The summed E-state index contributed by atoms with van der Waals surface area (Å²) in [6.45, 7) is 5.98. The van der Waals surface area contributed by atoms with E-state index in [1.807, 2.05) is 0 Å². The van der Waals surface area contributed by atoms with Crippen molar-refractivity contribution in [3.8, 4) is 17.2 Å². The molecule has 8 nitrogen and oxygen atoms in total. The number of allylic oxidation sites excluding steroid dienone is 1. The summed E-state index contributed by atoms with van der Waals surface area (Å²) in [6.07, 6.45) is 2.87. The van der Waals surface area contributed by atoms with Crippen molar-refractivity contribution in [2.45, 2.75) is 13.5 Å². The summed E-state index contributed by atoms with van der Waals surface area (Å²) >= 11 is 0. The van der Waals surface area contributed by atoms with Crippen LogP contribution in [0.25, 0.3) is 10.9 Å². The number of aromatic hydroxyl groups is 2. The van der Waals surface area contributed by atoms with Crippen LogP contribution in [-0.4, -0.2) is 33.5 Å². The normalized spacial score (nSPS) is 11.0. The molecule has 0 atom stereocenters. The lowest BCUT2D eigenvalue weighted by atomic mass is 10.1. The number of carbonyl (C=O) groups excluding carboxylic acids is 1. The van der Waals surface area contributed by atoms with E-state index in [0.717, 1.165) is 0 Å². The minimum atomic E-state index is -0.846. The van der Waals surface area contributed by atoms with E-state index < -0.39 is 22.8 Å². The Morgan fingerprint density at radius 2 is 2.03 bits per heavy atom. The fourth-order valence-electron chi connectivity index (χ4n) is 3.01. The smallest absolute Gasteiger partial charge is 0.280 e. The highest BCUT2D eigenvalue weighted by Crippen LogP contribution is 2.27. The number of hydrogen-bond acceptors (Lipinski definition) is 6. The van der Waals surface area contributed by atoms with Crippen LogP contribution in [0.2, 0.25) is 0 Å². The predicted molar refractivity (Wildman–Crippen MR) is 114 cm³/mol. The first-order valence-electron chi connectivity index (χ1n) is 9.22. The summed E-state index contributed by atoms with van der Waals surface area (Å²) in [6, 6.07) is 11.3. The molecule has 3 rings (SSSR count). The van der Waals surface area contributed by atoms with Crippen molar-refractivity contribution in [3.05, 3.63) is 76.6 Å². The van der Waals surface area contributed by atoms with Crippen molar-refractivity contribution in [2.75, 3.05) is 6.61 Å². The largest absolute Gasteiger partial charge is 0.506 e. The molecule has 3 aromatic rings. The maximum Gasteiger partial charge on any atom is 0.280 e. The molecule has 0 spiro atoms. The molecule has 0 radical (unpaired) electrons. The number of pyridine rings is 1. The first kappa shape index (κ1) is 20.7. The molecular formula is C22H21N3O5. The number of amides is 1. The third-order valence-corrected chi connectivity index (χ3v) is 4.35. The number of benzene rings is 2. The molecule has 1 aromatic heterocycles. The number of nitrogens with one attached hydrogen (secondary N) is 1. The molecular weight excluding hydrogens is 386 g/mol. The number of hydrazone groups is 1. The molecule has 154 valence electrons. The number of ether oxygens (including phenoxy) is 1. The fourth-order valence-corrected chi connectivity index (χ4v) is 3.01. The van der Waals surface area contributed by atoms with Crippen molar-refractivity contribution in [3.63, 3.8) is 0 Å². The Balaban J connectivity index is 1.92. The lowest BCUT2D eigenvalue weighted by Gasteiger charge is -2.12. The number of phenols is 1. The van der Waals surface area contributed by atoms with Gasteiger partial charge in [-0.05, 0) is 42.8 Å². The van der Waals surface area contributed by atoms with Crippen molar-refractivity contribution >= 4 is 23.0 Å². The Morgan fingerprint density at radius 1 is 1.27 bits per heavy atom. The summed E-state index contributed by atoms with van der Waals surface area (Å²) in [4.78, 5) is 25.4. The topological polar surface area (TPSA) is 113 Å². The number of carbonyl (C=O) groups is 1. The number of fused-ring (bicyclic) bond motifs is 1. The van der Waals surface area contributed by atoms with Gasteiger partial charge in [-0.3, -0.25) is 9.59 Å². The molecule has 0 aliphatic carbocycles. The van der Waals surface area contributed by atoms with E-state index in [-0.39, 0.29) is 18.0 Å². The van der Waals surface area contributed by atoms with E-state index in [4.69, 9.17) is 4.74 Å². The molecule has 3 N–H and O–H groups in total. The van der Waals surface area contributed by atoms with Gasteiger partial charge in [0, 0.05) is 11.9 Å². The summed E-state index contributed by atoms with van der Waals surface area (Å²) in [5.74, 6) is -0.984. The zero-order chi connectivity index (χ0) is 21.7. The Morgan fingerprint density at radius 3 is 2.77 bits per heavy atom. The van der Waals surface area contributed by atoms with Crippen molar-refractivity contribution in [1.29, 1.82) is 0 Å². The molecule has 30 heavy (non-hydrogen) atoms. The lowest BCUT2D eigenvalue weighted by molar-refractivity contribution is 0.0950. The Hall–Kier alpha value is -4.07. The van der Waals surface area contributed by atoms with E-state index in [2.05, 4.69) is 17.1 Å². The molecule has 0 saturated carbocycles. The van der Waals surface area contributed by atoms with Gasteiger partial charge >= 0.3 is 0 Å². The number of phenolic OH excluding ortho intramolecular Hbond substituents is 1. The molecule has 1 heterocycles. The van der Waals surface area contributed by atoms with Gasteiger partial charge in [-0.2, -0.15) is 5.10 Å². The maximum absolute atomic E-state index is 12.8. The number of nitrogens with zero attached hydrogens (tertiary/aromatic N) is 2. The van der Waals surface area contributed by atoms with E-state index >= 15 is 0 Å². The third kappa shape index (κ3) is 4.02. The van der Waals surface area contributed by atoms with Gasteiger partial charge < -0.3 is 19.5 Å². The SMILES string of the molecule is C=CCn1c(=O)c(C(=O)N/N=C\c2ccc(O)c(OCC)c2)c(O)c2ccccc21. The summed E-state index contributed by atoms with van der Waals surface area (Å²) in [5.41, 5.74) is 2.25. The number of para-hydroxylation sites is 1. The van der Waals surface area contributed by atoms with Crippen LogP contribution in [0.15, 0.2) is 65.0 Å². The van der Waals surface area contributed by atoms with Gasteiger partial charge in [0.05, 0.1) is 18.3 Å². The van der Waals surface area contributed by atoms with Gasteiger partial charge in [0.25, 0.3) is 11.5 Å². The monoisotopic (exact) mass is 407 g/mol. The predicted octanol–water partition coefficient (Wildman–Crippen LogP) is 2.76. The van der Waals surface area contributed by atoms with E-state index in [0.29, 0.717) is 23.1 Å².